The molecule has 0 aromatic heterocycles. The highest BCUT2D eigenvalue weighted by Crippen LogP contribution is 2.21. The van der Waals surface area contributed by atoms with Crippen LogP contribution < -0.4 is 5.32 Å². The Morgan fingerprint density at radius 1 is 0.923 bits per heavy atom. The molecule has 2 rings (SSSR count). The molecular weight excluding hydrogens is 326 g/mol. The first-order chi connectivity index (χ1) is 12.5. The molecular formula is C22H27NO3. The molecule has 0 heterocycles. The van der Waals surface area contributed by atoms with E-state index < -0.39 is 0 Å². The molecule has 1 N–H and O–H groups in total. The van der Waals surface area contributed by atoms with Gasteiger partial charge in [-0.05, 0) is 41.5 Å². The van der Waals surface area contributed by atoms with Gasteiger partial charge in [-0.2, -0.15) is 0 Å². The highest BCUT2D eigenvalue weighted by Gasteiger charge is 2.14. The van der Waals surface area contributed by atoms with Gasteiger partial charge < -0.3 is 10.1 Å². The van der Waals surface area contributed by atoms with Crippen molar-refractivity contribution in [2.45, 2.75) is 45.4 Å². The van der Waals surface area contributed by atoms with E-state index in [2.05, 4.69) is 19.2 Å². The fraction of sp³-hybridized carbons (Fsp3) is 0.364. The summed E-state index contributed by atoms with van der Waals surface area (Å²) in [6.07, 6.45) is 1.32. The van der Waals surface area contributed by atoms with Gasteiger partial charge in [0.05, 0.1) is 6.42 Å². The lowest BCUT2D eigenvalue weighted by Crippen LogP contribution is -2.21. The average Bonchev–Trinajstić information content (AvgIpc) is 2.67. The van der Waals surface area contributed by atoms with E-state index in [1.54, 1.807) is 0 Å². The van der Waals surface area contributed by atoms with Crippen LogP contribution in [-0.2, 0) is 14.3 Å². The average molecular weight is 353 g/mol. The van der Waals surface area contributed by atoms with E-state index in [9.17, 15) is 9.59 Å². The first-order valence-corrected chi connectivity index (χ1v) is 9.10. The summed E-state index contributed by atoms with van der Waals surface area (Å²) < 4.78 is 5.10. The summed E-state index contributed by atoms with van der Waals surface area (Å²) in [6, 6.07) is 17.6. The molecule has 0 saturated heterocycles. The van der Waals surface area contributed by atoms with Crippen LogP contribution in [0.2, 0.25) is 0 Å². The number of anilines is 1. The highest BCUT2D eigenvalue weighted by molar-refractivity contribution is 5.92. The summed E-state index contributed by atoms with van der Waals surface area (Å²) in [5.74, 6) is -0.155. The molecule has 0 saturated carbocycles. The number of carbonyl (C=O) groups is 2. The largest absolute Gasteiger partial charge is 0.456 e. The Morgan fingerprint density at radius 3 is 2.15 bits per heavy atom. The molecule has 0 aliphatic carbocycles. The van der Waals surface area contributed by atoms with E-state index in [-0.39, 0.29) is 30.8 Å². The number of rotatable bonds is 8. The maximum absolute atomic E-state index is 12.0. The quantitative estimate of drug-likeness (QED) is 0.689. The van der Waals surface area contributed by atoms with Crippen molar-refractivity contribution in [3.8, 4) is 0 Å². The van der Waals surface area contributed by atoms with Crippen molar-refractivity contribution >= 4 is 17.6 Å². The number of ether oxygens (including phenoxy) is 1. The Balaban J connectivity index is 1.76. The van der Waals surface area contributed by atoms with Crippen molar-refractivity contribution < 1.29 is 14.3 Å². The monoisotopic (exact) mass is 353 g/mol. The first kappa shape index (κ1) is 19.7. The van der Waals surface area contributed by atoms with Gasteiger partial charge in [0.15, 0.2) is 6.61 Å². The Morgan fingerprint density at radius 2 is 1.54 bits per heavy atom. The predicted octanol–water partition coefficient (Wildman–Crippen LogP) is 4.88. The SMILES string of the molecule is CC[C@H](C)c1ccc(NC(=O)COC(=O)C[C@@H](C)c2ccccc2)cc1. The van der Waals surface area contributed by atoms with Crippen molar-refractivity contribution in [1.29, 1.82) is 0 Å². The zero-order valence-electron chi connectivity index (χ0n) is 15.7. The second kappa shape index (κ2) is 9.76. The molecule has 0 fully saturated rings. The summed E-state index contributed by atoms with van der Waals surface area (Å²) in [5.41, 5.74) is 3.03. The molecule has 1 amide bonds. The molecule has 0 radical (unpaired) electrons. The summed E-state index contributed by atoms with van der Waals surface area (Å²) in [6.45, 7) is 6.01. The Labute approximate surface area is 155 Å². The number of hydrogen-bond donors (Lipinski definition) is 1. The first-order valence-electron chi connectivity index (χ1n) is 9.10. The van der Waals surface area contributed by atoms with E-state index in [0.29, 0.717) is 11.6 Å². The van der Waals surface area contributed by atoms with Crippen LogP contribution in [0, 0.1) is 0 Å². The highest BCUT2D eigenvalue weighted by atomic mass is 16.5. The van der Waals surface area contributed by atoms with Gasteiger partial charge in [-0.1, -0.05) is 63.2 Å². The molecule has 2 atom stereocenters. The maximum Gasteiger partial charge on any atom is 0.306 e. The van der Waals surface area contributed by atoms with Gasteiger partial charge in [0, 0.05) is 5.69 Å². The van der Waals surface area contributed by atoms with E-state index >= 15 is 0 Å². The summed E-state index contributed by atoms with van der Waals surface area (Å²) in [4.78, 5) is 23.9. The molecule has 138 valence electrons. The zero-order valence-corrected chi connectivity index (χ0v) is 15.7. The minimum atomic E-state index is -0.372. The predicted molar refractivity (Wildman–Crippen MR) is 104 cm³/mol. The molecule has 0 aliphatic heterocycles. The normalized spacial score (nSPS) is 12.9. The second-order valence-electron chi connectivity index (χ2n) is 6.66. The van der Waals surface area contributed by atoms with Gasteiger partial charge in [-0.25, -0.2) is 0 Å². The zero-order chi connectivity index (χ0) is 18.9. The molecule has 2 aromatic rings. The van der Waals surface area contributed by atoms with Crippen LogP contribution in [-0.4, -0.2) is 18.5 Å². The lowest BCUT2D eigenvalue weighted by Gasteiger charge is -2.12. The number of benzene rings is 2. The molecule has 2 aromatic carbocycles. The molecule has 0 bridgehead atoms. The Bertz CT molecular complexity index is 710. The van der Waals surface area contributed by atoms with E-state index in [1.807, 2.05) is 61.5 Å². The van der Waals surface area contributed by atoms with Gasteiger partial charge in [-0.3, -0.25) is 9.59 Å². The Hall–Kier alpha value is -2.62. The van der Waals surface area contributed by atoms with Crippen molar-refractivity contribution in [3.05, 3.63) is 65.7 Å². The van der Waals surface area contributed by atoms with Crippen molar-refractivity contribution in [1.82, 2.24) is 0 Å². The van der Waals surface area contributed by atoms with E-state index in [0.717, 1.165) is 12.0 Å². The topological polar surface area (TPSA) is 55.4 Å². The van der Waals surface area contributed by atoms with Crippen molar-refractivity contribution in [2.75, 3.05) is 11.9 Å². The summed E-state index contributed by atoms with van der Waals surface area (Å²) >= 11 is 0. The number of carbonyl (C=O) groups excluding carboxylic acids is 2. The summed E-state index contributed by atoms with van der Waals surface area (Å²) in [5, 5.41) is 2.75. The molecule has 4 nitrogen and oxygen atoms in total. The molecule has 4 heteroatoms. The van der Waals surface area contributed by atoms with Crippen LogP contribution in [0.15, 0.2) is 54.6 Å². The van der Waals surface area contributed by atoms with E-state index in [1.165, 1.54) is 5.56 Å². The van der Waals surface area contributed by atoms with Crippen LogP contribution in [0.1, 0.15) is 56.6 Å². The lowest BCUT2D eigenvalue weighted by molar-refractivity contribution is -0.147. The van der Waals surface area contributed by atoms with Crippen LogP contribution in [0.25, 0.3) is 0 Å². The van der Waals surface area contributed by atoms with Crippen LogP contribution >= 0.6 is 0 Å². The molecule has 0 spiro atoms. The second-order valence-corrected chi connectivity index (χ2v) is 6.66. The minimum Gasteiger partial charge on any atom is -0.456 e. The molecule has 26 heavy (non-hydrogen) atoms. The van der Waals surface area contributed by atoms with Gasteiger partial charge >= 0.3 is 5.97 Å². The number of hydrogen-bond acceptors (Lipinski definition) is 3. The fourth-order valence-corrected chi connectivity index (χ4v) is 2.68. The van der Waals surface area contributed by atoms with Crippen LogP contribution in [0.5, 0.6) is 0 Å². The molecule has 0 aliphatic rings. The maximum atomic E-state index is 12.0. The third kappa shape index (κ3) is 6.03. The van der Waals surface area contributed by atoms with Crippen molar-refractivity contribution in [2.24, 2.45) is 0 Å². The Kier molecular flexibility index (Phi) is 7.39. The van der Waals surface area contributed by atoms with Gasteiger partial charge in [0.1, 0.15) is 0 Å². The minimum absolute atomic E-state index is 0.0554. The smallest absolute Gasteiger partial charge is 0.306 e. The van der Waals surface area contributed by atoms with Gasteiger partial charge in [-0.15, -0.1) is 0 Å². The third-order valence-electron chi connectivity index (χ3n) is 4.58. The van der Waals surface area contributed by atoms with Crippen molar-refractivity contribution in [3.63, 3.8) is 0 Å². The van der Waals surface area contributed by atoms with Gasteiger partial charge in [0.2, 0.25) is 0 Å². The lowest BCUT2D eigenvalue weighted by atomic mass is 9.98. The van der Waals surface area contributed by atoms with E-state index in [4.69, 9.17) is 4.74 Å². The van der Waals surface area contributed by atoms with Crippen LogP contribution in [0.3, 0.4) is 0 Å². The number of amides is 1. The van der Waals surface area contributed by atoms with Crippen LogP contribution in [0.4, 0.5) is 5.69 Å². The third-order valence-corrected chi connectivity index (χ3v) is 4.58. The molecule has 0 unspecified atom stereocenters. The summed E-state index contributed by atoms with van der Waals surface area (Å²) in [7, 11) is 0. The fourth-order valence-electron chi connectivity index (χ4n) is 2.68. The number of esters is 1. The van der Waals surface area contributed by atoms with Gasteiger partial charge in [0.25, 0.3) is 5.91 Å². The number of nitrogens with one attached hydrogen (secondary N) is 1. The standard InChI is InChI=1S/C22H27NO3/c1-4-16(2)19-10-12-20(13-11-19)23-21(24)15-26-22(25)14-17(3)18-8-6-5-7-9-18/h5-13,16-17H,4,14-15H2,1-3H3,(H,23,24)/t16-,17+/m0/s1.